The zero-order chi connectivity index (χ0) is 14.8. The van der Waals surface area contributed by atoms with Crippen LogP contribution in [0.4, 0.5) is 19.0 Å². The standard InChI is InChI=1S/C12H11F3N4O/c1-2-7-4-3-5-10(16-7)17-11(20)8-6-9(19-18-8)12(13,14)15/h3-6H,2H2,1H3,(H,18,19)(H,16,17,20). The van der Waals surface area contributed by atoms with Crippen molar-refractivity contribution in [1.82, 2.24) is 15.2 Å². The fourth-order valence-electron chi connectivity index (χ4n) is 1.51. The molecule has 2 rings (SSSR count). The minimum atomic E-state index is -4.56. The van der Waals surface area contributed by atoms with Gasteiger partial charge >= 0.3 is 6.18 Å². The summed E-state index contributed by atoms with van der Waals surface area (Å²) in [5.74, 6) is -0.483. The Balaban J connectivity index is 2.13. The van der Waals surface area contributed by atoms with Crippen LogP contribution in [-0.2, 0) is 12.6 Å². The molecule has 2 aromatic heterocycles. The molecule has 20 heavy (non-hydrogen) atoms. The molecular weight excluding hydrogens is 273 g/mol. The molecule has 0 unspecified atom stereocenters. The summed E-state index contributed by atoms with van der Waals surface area (Å²) in [5.41, 5.74) is -0.653. The third-order valence-corrected chi connectivity index (χ3v) is 2.53. The molecule has 1 amide bonds. The number of aromatic nitrogens is 3. The van der Waals surface area contributed by atoms with Gasteiger partial charge in [-0.3, -0.25) is 9.89 Å². The van der Waals surface area contributed by atoms with Gasteiger partial charge in [0.05, 0.1) is 0 Å². The van der Waals surface area contributed by atoms with E-state index in [1.54, 1.807) is 23.3 Å². The summed E-state index contributed by atoms with van der Waals surface area (Å²) in [4.78, 5) is 15.9. The molecule has 0 aliphatic carbocycles. The molecule has 0 fully saturated rings. The lowest BCUT2D eigenvalue weighted by Crippen LogP contribution is -2.13. The summed E-state index contributed by atoms with van der Waals surface area (Å²) >= 11 is 0. The number of pyridine rings is 1. The van der Waals surface area contributed by atoms with Crippen molar-refractivity contribution in [3.8, 4) is 0 Å². The van der Waals surface area contributed by atoms with Gasteiger partial charge in [0.1, 0.15) is 11.5 Å². The molecule has 2 aromatic rings. The zero-order valence-electron chi connectivity index (χ0n) is 10.5. The summed E-state index contributed by atoms with van der Waals surface area (Å²) in [6.07, 6.45) is -3.88. The van der Waals surface area contributed by atoms with E-state index in [1.807, 2.05) is 6.92 Å². The Morgan fingerprint density at radius 1 is 1.40 bits per heavy atom. The van der Waals surface area contributed by atoms with Crippen molar-refractivity contribution in [3.63, 3.8) is 0 Å². The molecule has 106 valence electrons. The molecule has 0 aliphatic rings. The molecule has 0 saturated carbocycles. The highest BCUT2D eigenvalue weighted by atomic mass is 19.4. The Labute approximate surface area is 112 Å². The number of carbonyl (C=O) groups is 1. The second-order valence-electron chi connectivity index (χ2n) is 3.99. The van der Waals surface area contributed by atoms with Gasteiger partial charge in [0.25, 0.3) is 5.91 Å². The van der Waals surface area contributed by atoms with Gasteiger partial charge in [0, 0.05) is 11.8 Å². The Kier molecular flexibility index (Phi) is 3.73. The van der Waals surface area contributed by atoms with E-state index in [2.05, 4.69) is 15.4 Å². The molecular formula is C12H11F3N4O. The highest BCUT2D eigenvalue weighted by Crippen LogP contribution is 2.27. The minimum Gasteiger partial charge on any atom is -0.305 e. The van der Waals surface area contributed by atoms with E-state index in [9.17, 15) is 18.0 Å². The van der Waals surface area contributed by atoms with Crippen molar-refractivity contribution >= 4 is 11.7 Å². The molecule has 0 bridgehead atoms. The first-order valence-corrected chi connectivity index (χ1v) is 5.80. The number of hydrogen-bond donors (Lipinski definition) is 2. The van der Waals surface area contributed by atoms with E-state index >= 15 is 0 Å². The third kappa shape index (κ3) is 3.14. The topological polar surface area (TPSA) is 70.7 Å². The van der Waals surface area contributed by atoms with E-state index in [1.165, 1.54) is 0 Å². The summed E-state index contributed by atoms with van der Waals surface area (Å²) in [5, 5.41) is 7.51. The predicted molar refractivity (Wildman–Crippen MR) is 65.2 cm³/mol. The monoisotopic (exact) mass is 284 g/mol. The molecule has 5 nitrogen and oxygen atoms in total. The van der Waals surface area contributed by atoms with Gasteiger partial charge in [-0.05, 0) is 18.6 Å². The van der Waals surface area contributed by atoms with Crippen LogP contribution in [0.3, 0.4) is 0 Å². The number of anilines is 1. The van der Waals surface area contributed by atoms with Crippen LogP contribution in [0.2, 0.25) is 0 Å². The first kappa shape index (κ1) is 14.0. The molecule has 0 saturated heterocycles. The van der Waals surface area contributed by atoms with Crippen molar-refractivity contribution in [1.29, 1.82) is 0 Å². The molecule has 0 aliphatic heterocycles. The predicted octanol–water partition coefficient (Wildman–Crippen LogP) is 2.64. The fourth-order valence-corrected chi connectivity index (χ4v) is 1.51. The average molecular weight is 284 g/mol. The lowest BCUT2D eigenvalue weighted by atomic mass is 10.3. The van der Waals surface area contributed by atoms with Crippen LogP contribution in [0.1, 0.15) is 28.8 Å². The van der Waals surface area contributed by atoms with Crippen LogP contribution >= 0.6 is 0 Å². The number of alkyl halides is 3. The smallest absolute Gasteiger partial charge is 0.305 e. The highest BCUT2D eigenvalue weighted by Gasteiger charge is 2.33. The van der Waals surface area contributed by atoms with Crippen molar-refractivity contribution in [2.75, 3.05) is 5.32 Å². The van der Waals surface area contributed by atoms with E-state index in [0.717, 1.165) is 5.69 Å². The summed E-state index contributed by atoms with van der Waals surface area (Å²) < 4.78 is 37.1. The van der Waals surface area contributed by atoms with Crippen molar-refractivity contribution in [3.05, 3.63) is 41.3 Å². The van der Waals surface area contributed by atoms with Crippen LogP contribution in [0, 0.1) is 0 Å². The summed E-state index contributed by atoms with van der Waals surface area (Å²) in [6, 6.07) is 5.69. The second kappa shape index (κ2) is 5.32. The lowest BCUT2D eigenvalue weighted by Gasteiger charge is -2.03. The number of nitrogens with one attached hydrogen (secondary N) is 2. The number of amides is 1. The molecule has 0 atom stereocenters. The van der Waals surface area contributed by atoms with Crippen molar-refractivity contribution < 1.29 is 18.0 Å². The number of halogens is 3. The van der Waals surface area contributed by atoms with Crippen LogP contribution in [0.5, 0.6) is 0 Å². The Morgan fingerprint density at radius 3 is 2.75 bits per heavy atom. The molecule has 2 heterocycles. The molecule has 0 aromatic carbocycles. The average Bonchev–Trinajstić information content (AvgIpc) is 2.88. The maximum atomic E-state index is 12.4. The van der Waals surface area contributed by atoms with Gasteiger partial charge in [-0.1, -0.05) is 13.0 Å². The number of rotatable bonds is 3. The van der Waals surface area contributed by atoms with Crippen LogP contribution in [0.25, 0.3) is 0 Å². The van der Waals surface area contributed by atoms with Gasteiger partial charge in [-0.2, -0.15) is 18.3 Å². The number of aryl methyl sites for hydroxylation is 1. The molecule has 2 N–H and O–H groups in total. The number of carbonyl (C=O) groups excluding carboxylic acids is 1. The van der Waals surface area contributed by atoms with Crippen LogP contribution in [0.15, 0.2) is 24.3 Å². The van der Waals surface area contributed by atoms with Gasteiger partial charge in [0.2, 0.25) is 0 Å². The first-order valence-electron chi connectivity index (χ1n) is 5.80. The largest absolute Gasteiger partial charge is 0.432 e. The number of nitrogens with zero attached hydrogens (tertiary/aromatic N) is 2. The van der Waals surface area contributed by atoms with Gasteiger partial charge in [0.15, 0.2) is 5.69 Å². The SMILES string of the molecule is CCc1cccc(NC(=O)c2cc(C(F)(F)F)[nH]n2)n1. The van der Waals surface area contributed by atoms with E-state index in [0.29, 0.717) is 12.5 Å². The Bertz CT molecular complexity index is 621. The van der Waals surface area contributed by atoms with Gasteiger partial charge < -0.3 is 5.32 Å². The number of H-pyrrole nitrogens is 1. The zero-order valence-corrected chi connectivity index (χ0v) is 10.5. The summed E-state index contributed by atoms with van der Waals surface area (Å²) in [6.45, 7) is 1.90. The number of aromatic amines is 1. The normalized spacial score (nSPS) is 11.4. The molecule has 0 spiro atoms. The van der Waals surface area contributed by atoms with Crippen molar-refractivity contribution in [2.45, 2.75) is 19.5 Å². The Hall–Kier alpha value is -2.38. The number of hydrogen-bond acceptors (Lipinski definition) is 3. The third-order valence-electron chi connectivity index (χ3n) is 2.53. The molecule has 8 heteroatoms. The quantitative estimate of drug-likeness (QED) is 0.910. The first-order chi connectivity index (χ1) is 9.40. The summed E-state index contributed by atoms with van der Waals surface area (Å²) in [7, 11) is 0. The lowest BCUT2D eigenvalue weighted by molar-refractivity contribution is -0.141. The van der Waals surface area contributed by atoms with E-state index in [4.69, 9.17) is 0 Å². The van der Waals surface area contributed by atoms with Crippen molar-refractivity contribution in [2.24, 2.45) is 0 Å². The highest BCUT2D eigenvalue weighted by molar-refractivity contribution is 6.02. The Morgan fingerprint density at radius 2 is 2.15 bits per heavy atom. The van der Waals surface area contributed by atoms with E-state index in [-0.39, 0.29) is 11.5 Å². The maximum absolute atomic E-state index is 12.4. The van der Waals surface area contributed by atoms with Crippen LogP contribution in [-0.4, -0.2) is 21.1 Å². The van der Waals surface area contributed by atoms with Crippen LogP contribution < -0.4 is 5.32 Å². The molecule has 0 radical (unpaired) electrons. The van der Waals surface area contributed by atoms with Gasteiger partial charge in [-0.25, -0.2) is 4.98 Å². The maximum Gasteiger partial charge on any atom is 0.432 e. The minimum absolute atomic E-state index is 0.269. The van der Waals surface area contributed by atoms with E-state index < -0.39 is 17.8 Å². The van der Waals surface area contributed by atoms with Gasteiger partial charge in [-0.15, -0.1) is 0 Å². The second-order valence-corrected chi connectivity index (χ2v) is 3.99. The fraction of sp³-hybridized carbons (Fsp3) is 0.250.